The van der Waals surface area contributed by atoms with E-state index in [1.165, 1.54) is 35.7 Å². The Bertz CT molecular complexity index is 706. The minimum atomic E-state index is -2.91. The van der Waals surface area contributed by atoms with Crippen molar-refractivity contribution in [1.82, 2.24) is 25.2 Å². The number of carbonyl (C=O) groups excluding carboxylic acids is 2. The molecule has 10 heteroatoms. The van der Waals surface area contributed by atoms with E-state index >= 15 is 0 Å². The van der Waals surface area contributed by atoms with Gasteiger partial charge in [-0.25, -0.2) is 13.5 Å². The predicted molar refractivity (Wildman–Crippen MR) is 100 cm³/mol. The number of hydrogen-bond donors (Lipinski definition) is 1. The zero-order valence-corrected chi connectivity index (χ0v) is 16.8. The summed E-state index contributed by atoms with van der Waals surface area (Å²) in [6.07, 6.45) is 6.72. The van der Waals surface area contributed by atoms with E-state index in [9.17, 15) is 18.4 Å². The lowest BCUT2D eigenvalue weighted by Gasteiger charge is -2.24. The monoisotopic (exact) mass is 413 g/mol. The molecule has 1 aromatic rings. The Labute approximate surface area is 168 Å². The molecular formula is C19H29F2N5O3. The first kappa shape index (κ1) is 21.6. The highest BCUT2D eigenvalue weighted by Crippen LogP contribution is 2.34. The van der Waals surface area contributed by atoms with Gasteiger partial charge in [-0.1, -0.05) is 30.9 Å². The second kappa shape index (κ2) is 9.60. The van der Waals surface area contributed by atoms with E-state index in [0.717, 1.165) is 19.3 Å². The lowest BCUT2D eigenvalue weighted by atomic mass is 10.0. The van der Waals surface area contributed by atoms with Gasteiger partial charge < -0.3 is 15.0 Å². The van der Waals surface area contributed by atoms with Gasteiger partial charge in [0.1, 0.15) is 0 Å². The van der Waals surface area contributed by atoms with Gasteiger partial charge in [0.25, 0.3) is 11.8 Å². The van der Waals surface area contributed by atoms with Gasteiger partial charge in [0.2, 0.25) is 5.91 Å². The molecule has 2 aliphatic rings. The van der Waals surface area contributed by atoms with Gasteiger partial charge in [0.05, 0.1) is 31.9 Å². The lowest BCUT2D eigenvalue weighted by Crippen LogP contribution is -2.38. The van der Waals surface area contributed by atoms with E-state index in [0.29, 0.717) is 25.5 Å². The van der Waals surface area contributed by atoms with Crippen molar-refractivity contribution in [3.05, 3.63) is 11.9 Å². The number of likely N-dealkylation sites (tertiary alicyclic amines) is 1. The third kappa shape index (κ3) is 5.94. The van der Waals surface area contributed by atoms with E-state index in [1.54, 1.807) is 0 Å². The number of amides is 2. The van der Waals surface area contributed by atoms with Crippen molar-refractivity contribution in [2.75, 3.05) is 26.8 Å². The largest absolute Gasteiger partial charge is 0.383 e. The van der Waals surface area contributed by atoms with Crippen LogP contribution in [0.2, 0.25) is 0 Å². The molecule has 0 radical (unpaired) electrons. The Morgan fingerprint density at radius 1 is 1.34 bits per heavy atom. The lowest BCUT2D eigenvalue weighted by molar-refractivity contribution is -0.133. The third-order valence-corrected chi connectivity index (χ3v) is 5.70. The van der Waals surface area contributed by atoms with Crippen LogP contribution in [0.3, 0.4) is 0 Å². The van der Waals surface area contributed by atoms with Crippen molar-refractivity contribution in [3.8, 4) is 0 Å². The summed E-state index contributed by atoms with van der Waals surface area (Å²) in [7, 11) is 1.53. The van der Waals surface area contributed by atoms with E-state index in [1.807, 2.05) is 0 Å². The maximum atomic E-state index is 14.0. The van der Waals surface area contributed by atoms with Crippen molar-refractivity contribution in [2.24, 2.45) is 5.92 Å². The highest BCUT2D eigenvalue weighted by Gasteiger charge is 2.47. The topological polar surface area (TPSA) is 89.4 Å². The van der Waals surface area contributed by atoms with Gasteiger partial charge >= 0.3 is 0 Å². The Morgan fingerprint density at radius 2 is 2.10 bits per heavy atom. The normalized spacial score (nSPS) is 21.6. The van der Waals surface area contributed by atoms with Crippen molar-refractivity contribution in [1.29, 1.82) is 0 Å². The average Bonchev–Trinajstić information content (AvgIpc) is 3.40. The molecule has 1 atom stereocenters. The van der Waals surface area contributed by atoms with Crippen molar-refractivity contribution < 1.29 is 23.1 Å². The van der Waals surface area contributed by atoms with E-state index < -0.39 is 30.8 Å². The Morgan fingerprint density at radius 3 is 2.83 bits per heavy atom. The quantitative estimate of drug-likeness (QED) is 0.624. The molecule has 3 rings (SSSR count). The van der Waals surface area contributed by atoms with Gasteiger partial charge in [-0.15, -0.1) is 5.10 Å². The highest BCUT2D eigenvalue weighted by molar-refractivity contribution is 5.91. The molecule has 1 N–H and O–H groups in total. The van der Waals surface area contributed by atoms with Crippen LogP contribution >= 0.6 is 0 Å². The fourth-order valence-corrected chi connectivity index (χ4v) is 4.19. The Balaban J connectivity index is 1.57. The fraction of sp³-hybridized carbons (Fsp3) is 0.789. The molecule has 1 aliphatic heterocycles. The summed E-state index contributed by atoms with van der Waals surface area (Å²) in [6, 6.07) is -0.660. The number of hydrogen-bond acceptors (Lipinski definition) is 5. The molecule has 29 heavy (non-hydrogen) atoms. The first-order valence-corrected chi connectivity index (χ1v) is 10.2. The molecule has 0 aromatic carbocycles. The SMILES string of the molecule is COCCNC(=O)c1cn(C[C@@H]2CC(F)(F)CN2C(=O)CCC2CCCC2)nn1. The van der Waals surface area contributed by atoms with Gasteiger partial charge in [-0.05, 0) is 12.3 Å². The van der Waals surface area contributed by atoms with Crippen molar-refractivity contribution in [2.45, 2.75) is 63.5 Å². The first-order valence-electron chi connectivity index (χ1n) is 10.2. The second-order valence-electron chi connectivity index (χ2n) is 8.00. The van der Waals surface area contributed by atoms with Crippen LogP contribution in [0.15, 0.2) is 6.20 Å². The third-order valence-electron chi connectivity index (χ3n) is 5.70. The number of methoxy groups -OCH3 is 1. The zero-order chi connectivity index (χ0) is 20.9. The molecule has 2 fully saturated rings. The van der Waals surface area contributed by atoms with Crippen LogP contribution in [0.1, 0.15) is 55.4 Å². The number of alkyl halides is 2. The molecule has 0 spiro atoms. The summed E-state index contributed by atoms with van der Waals surface area (Å²) < 4.78 is 34.3. The van der Waals surface area contributed by atoms with Crippen molar-refractivity contribution >= 4 is 11.8 Å². The molecule has 0 unspecified atom stereocenters. The number of carbonyl (C=O) groups is 2. The van der Waals surface area contributed by atoms with Gasteiger partial charge in [-0.3, -0.25) is 9.59 Å². The number of aromatic nitrogens is 3. The summed E-state index contributed by atoms with van der Waals surface area (Å²) in [5.74, 6) is -3.00. The van der Waals surface area contributed by atoms with Crippen LogP contribution < -0.4 is 5.32 Å². The molecule has 0 bridgehead atoms. The molecule has 1 saturated carbocycles. The molecule has 8 nitrogen and oxygen atoms in total. The first-order chi connectivity index (χ1) is 13.9. The summed E-state index contributed by atoms with van der Waals surface area (Å²) in [5, 5.41) is 10.3. The van der Waals surface area contributed by atoms with Crippen LogP contribution in [0.4, 0.5) is 8.78 Å². The Hall–Kier alpha value is -2.10. The average molecular weight is 413 g/mol. The maximum Gasteiger partial charge on any atom is 0.273 e. The van der Waals surface area contributed by atoms with Crippen molar-refractivity contribution in [3.63, 3.8) is 0 Å². The minimum absolute atomic E-state index is 0.0864. The number of nitrogens with one attached hydrogen (secondary N) is 1. The van der Waals surface area contributed by atoms with Crippen LogP contribution in [-0.4, -0.2) is 70.5 Å². The summed E-state index contributed by atoms with van der Waals surface area (Å²) in [5.41, 5.74) is 0.102. The van der Waals surface area contributed by atoms with Crippen LogP contribution in [0.5, 0.6) is 0 Å². The van der Waals surface area contributed by atoms with Gasteiger partial charge in [-0.2, -0.15) is 0 Å². The molecule has 2 amide bonds. The summed E-state index contributed by atoms with van der Waals surface area (Å²) >= 11 is 0. The minimum Gasteiger partial charge on any atom is -0.383 e. The van der Waals surface area contributed by atoms with E-state index in [4.69, 9.17) is 4.74 Å². The van der Waals surface area contributed by atoms with E-state index in [-0.39, 0.29) is 18.1 Å². The van der Waals surface area contributed by atoms with E-state index in [2.05, 4.69) is 15.6 Å². The van der Waals surface area contributed by atoms with Crippen LogP contribution in [-0.2, 0) is 16.1 Å². The van der Waals surface area contributed by atoms with Crippen LogP contribution in [0, 0.1) is 5.92 Å². The Kier molecular flexibility index (Phi) is 7.15. The number of halogens is 2. The van der Waals surface area contributed by atoms with Crippen LogP contribution in [0.25, 0.3) is 0 Å². The highest BCUT2D eigenvalue weighted by atomic mass is 19.3. The fourth-order valence-electron chi connectivity index (χ4n) is 4.19. The number of ether oxygens (including phenoxy) is 1. The van der Waals surface area contributed by atoms with Gasteiger partial charge in [0, 0.05) is 26.5 Å². The number of nitrogens with zero attached hydrogens (tertiary/aromatic N) is 4. The standard InChI is InChI=1S/C19H29F2N5O3/c1-29-9-8-22-18(28)16-12-25(24-23-16)11-15-10-19(20,21)13-26(15)17(27)7-6-14-4-2-3-5-14/h12,14-15H,2-11,13H2,1H3,(H,22,28)/t15-/m0/s1. The predicted octanol–water partition coefficient (Wildman–Crippen LogP) is 1.86. The maximum absolute atomic E-state index is 14.0. The molecule has 162 valence electrons. The molecule has 1 aliphatic carbocycles. The number of rotatable bonds is 9. The molecule has 2 heterocycles. The smallest absolute Gasteiger partial charge is 0.273 e. The van der Waals surface area contributed by atoms with Gasteiger partial charge in [0.15, 0.2) is 5.69 Å². The summed E-state index contributed by atoms with van der Waals surface area (Å²) in [4.78, 5) is 25.9. The molecule has 1 saturated heterocycles. The second-order valence-corrected chi connectivity index (χ2v) is 8.00. The zero-order valence-electron chi connectivity index (χ0n) is 16.8. The summed E-state index contributed by atoms with van der Waals surface area (Å²) in [6.45, 7) is 0.235. The molecule has 1 aromatic heterocycles. The molecular weight excluding hydrogens is 384 g/mol.